The smallest absolute Gasteiger partial charge is 0.314 e. The molecule has 0 spiro atoms. The lowest BCUT2D eigenvalue weighted by atomic mass is 10.1. The third-order valence-corrected chi connectivity index (χ3v) is 3.06. The number of carbonyl (C=O) groups excluding carboxylic acids is 2. The van der Waals surface area contributed by atoms with E-state index in [2.05, 4.69) is 5.32 Å². The first-order valence-corrected chi connectivity index (χ1v) is 6.78. The van der Waals surface area contributed by atoms with Crippen molar-refractivity contribution < 1.29 is 19.1 Å². The molecule has 1 aromatic carbocycles. The van der Waals surface area contributed by atoms with E-state index in [1.807, 2.05) is 6.92 Å². The number of urea groups is 1. The second-order valence-electron chi connectivity index (χ2n) is 4.70. The molecule has 0 saturated carbocycles. The van der Waals surface area contributed by atoms with Crippen LogP contribution in [0.5, 0.6) is 11.5 Å². The van der Waals surface area contributed by atoms with Gasteiger partial charge < -0.3 is 25.4 Å². The van der Waals surface area contributed by atoms with E-state index in [-0.39, 0.29) is 18.6 Å². The molecular formula is C14H19N3O4. The van der Waals surface area contributed by atoms with Gasteiger partial charge >= 0.3 is 6.03 Å². The molecule has 1 heterocycles. The highest BCUT2D eigenvalue weighted by atomic mass is 16.5. The molecule has 114 valence electrons. The van der Waals surface area contributed by atoms with Crippen LogP contribution in [0.4, 0.5) is 4.79 Å². The van der Waals surface area contributed by atoms with Gasteiger partial charge in [0.15, 0.2) is 6.61 Å². The van der Waals surface area contributed by atoms with Crippen LogP contribution < -0.4 is 20.5 Å². The maximum absolute atomic E-state index is 11.7. The van der Waals surface area contributed by atoms with Crippen LogP contribution in [-0.2, 0) is 4.79 Å². The first-order valence-electron chi connectivity index (χ1n) is 6.78. The van der Waals surface area contributed by atoms with Gasteiger partial charge in [0.05, 0.1) is 12.6 Å². The number of benzene rings is 1. The molecule has 21 heavy (non-hydrogen) atoms. The van der Waals surface area contributed by atoms with E-state index in [1.165, 1.54) is 4.90 Å². The van der Waals surface area contributed by atoms with Crippen LogP contribution in [0, 0.1) is 0 Å². The monoisotopic (exact) mass is 293 g/mol. The molecule has 0 radical (unpaired) electrons. The van der Waals surface area contributed by atoms with Gasteiger partial charge in [-0.05, 0) is 31.2 Å². The molecule has 1 aliphatic heterocycles. The highest BCUT2D eigenvalue weighted by Gasteiger charge is 2.30. The SMILES string of the molecule is CCOc1ccc(OCC(=O)NC2CN(C(N)=O)C2)cc1. The normalized spacial score (nSPS) is 14.2. The van der Waals surface area contributed by atoms with Crippen molar-refractivity contribution in [2.24, 2.45) is 5.73 Å². The number of hydrogen-bond acceptors (Lipinski definition) is 4. The average Bonchev–Trinajstić information content (AvgIpc) is 2.41. The Kier molecular flexibility index (Phi) is 4.86. The molecule has 1 aromatic rings. The molecule has 1 fully saturated rings. The van der Waals surface area contributed by atoms with Crippen LogP contribution in [-0.4, -0.2) is 49.2 Å². The number of likely N-dealkylation sites (tertiary alicyclic amines) is 1. The standard InChI is InChI=1S/C14H19N3O4/c1-2-20-11-3-5-12(6-4-11)21-9-13(18)16-10-7-17(8-10)14(15)19/h3-6,10H,2,7-9H2,1H3,(H2,15,19)(H,16,18). The zero-order valence-corrected chi connectivity index (χ0v) is 11.9. The molecule has 2 rings (SSSR count). The zero-order chi connectivity index (χ0) is 15.2. The van der Waals surface area contributed by atoms with Gasteiger partial charge in [0.25, 0.3) is 5.91 Å². The summed E-state index contributed by atoms with van der Waals surface area (Å²) in [4.78, 5) is 23.9. The number of ether oxygens (including phenoxy) is 2. The van der Waals surface area contributed by atoms with Crippen LogP contribution >= 0.6 is 0 Å². The fraction of sp³-hybridized carbons (Fsp3) is 0.429. The minimum atomic E-state index is -0.467. The number of nitrogens with two attached hydrogens (primary N) is 1. The summed E-state index contributed by atoms with van der Waals surface area (Å²) >= 11 is 0. The van der Waals surface area contributed by atoms with Crippen LogP contribution in [0.2, 0.25) is 0 Å². The van der Waals surface area contributed by atoms with Gasteiger partial charge in [0.2, 0.25) is 0 Å². The third kappa shape index (κ3) is 4.27. The Labute approximate surface area is 123 Å². The number of nitrogens with zero attached hydrogens (tertiary/aromatic N) is 1. The van der Waals surface area contributed by atoms with E-state index < -0.39 is 6.03 Å². The summed E-state index contributed by atoms with van der Waals surface area (Å²) in [5, 5.41) is 2.77. The molecule has 0 aliphatic carbocycles. The predicted octanol–water partition coefficient (Wildman–Crippen LogP) is 0.343. The zero-order valence-electron chi connectivity index (χ0n) is 11.9. The van der Waals surface area contributed by atoms with Crippen molar-refractivity contribution in [3.8, 4) is 11.5 Å². The molecule has 0 aromatic heterocycles. The molecule has 7 nitrogen and oxygen atoms in total. The van der Waals surface area contributed by atoms with Crippen molar-refractivity contribution in [2.75, 3.05) is 26.3 Å². The average molecular weight is 293 g/mol. The second kappa shape index (κ2) is 6.83. The number of carbonyl (C=O) groups is 2. The highest BCUT2D eigenvalue weighted by molar-refractivity contribution is 5.79. The van der Waals surface area contributed by atoms with Gasteiger partial charge in [-0.2, -0.15) is 0 Å². The quantitative estimate of drug-likeness (QED) is 0.791. The molecule has 1 saturated heterocycles. The van der Waals surface area contributed by atoms with E-state index in [4.69, 9.17) is 15.2 Å². The third-order valence-electron chi connectivity index (χ3n) is 3.06. The summed E-state index contributed by atoms with van der Waals surface area (Å²) in [6, 6.07) is 6.55. The van der Waals surface area contributed by atoms with Gasteiger partial charge in [0, 0.05) is 13.1 Å². The number of amides is 3. The van der Waals surface area contributed by atoms with E-state index in [0.29, 0.717) is 25.4 Å². The van der Waals surface area contributed by atoms with Crippen molar-refractivity contribution in [2.45, 2.75) is 13.0 Å². The lowest BCUT2D eigenvalue weighted by Gasteiger charge is -2.38. The number of hydrogen-bond donors (Lipinski definition) is 2. The molecule has 7 heteroatoms. The Bertz CT molecular complexity index is 497. The van der Waals surface area contributed by atoms with E-state index in [1.54, 1.807) is 24.3 Å². The molecule has 3 N–H and O–H groups in total. The molecule has 1 aliphatic rings. The Morgan fingerprint density at radius 1 is 1.24 bits per heavy atom. The minimum Gasteiger partial charge on any atom is -0.494 e. The Morgan fingerprint density at radius 3 is 2.33 bits per heavy atom. The van der Waals surface area contributed by atoms with Crippen LogP contribution in [0.25, 0.3) is 0 Å². The van der Waals surface area contributed by atoms with Crippen molar-refractivity contribution >= 4 is 11.9 Å². The van der Waals surface area contributed by atoms with Gasteiger partial charge in [-0.1, -0.05) is 0 Å². The summed E-state index contributed by atoms with van der Waals surface area (Å²) in [6.45, 7) is 3.34. The van der Waals surface area contributed by atoms with Gasteiger partial charge in [-0.15, -0.1) is 0 Å². The maximum Gasteiger partial charge on any atom is 0.314 e. The largest absolute Gasteiger partial charge is 0.494 e. The van der Waals surface area contributed by atoms with E-state index >= 15 is 0 Å². The highest BCUT2D eigenvalue weighted by Crippen LogP contribution is 2.17. The summed E-state index contributed by atoms with van der Waals surface area (Å²) in [6.07, 6.45) is 0. The fourth-order valence-electron chi connectivity index (χ4n) is 1.97. The maximum atomic E-state index is 11.7. The minimum absolute atomic E-state index is 0.0473. The molecule has 0 bridgehead atoms. The summed E-state index contributed by atoms with van der Waals surface area (Å²) in [5.41, 5.74) is 5.10. The Balaban J connectivity index is 1.68. The van der Waals surface area contributed by atoms with Gasteiger partial charge in [-0.3, -0.25) is 4.79 Å². The number of rotatable bonds is 6. The number of nitrogens with one attached hydrogen (secondary N) is 1. The summed E-state index contributed by atoms with van der Waals surface area (Å²) in [7, 11) is 0. The lowest BCUT2D eigenvalue weighted by Crippen LogP contribution is -2.62. The fourth-order valence-corrected chi connectivity index (χ4v) is 1.97. The lowest BCUT2D eigenvalue weighted by molar-refractivity contribution is -0.124. The summed E-state index contributed by atoms with van der Waals surface area (Å²) in [5.74, 6) is 1.13. The molecule has 0 unspecified atom stereocenters. The van der Waals surface area contributed by atoms with Crippen LogP contribution in [0.15, 0.2) is 24.3 Å². The van der Waals surface area contributed by atoms with Crippen LogP contribution in [0.1, 0.15) is 6.92 Å². The van der Waals surface area contributed by atoms with Crippen molar-refractivity contribution in [1.82, 2.24) is 10.2 Å². The van der Waals surface area contributed by atoms with Gasteiger partial charge in [-0.25, -0.2) is 4.79 Å². The molecular weight excluding hydrogens is 274 g/mol. The first-order chi connectivity index (χ1) is 10.1. The number of primary amides is 1. The second-order valence-corrected chi connectivity index (χ2v) is 4.70. The first kappa shape index (κ1) is 15.0. The van der Waals surface area contributed by atoms with Crippen molar-refractivity contribution in [3.63, 3.8) is 0 Å². The topological polar surface area (TPSA) is 93.9 Å². The van der Waals surface area contributed by atoms with Gasteiger partial charge in [0.1, 0.15) is 11.5 Å². The van der Waals surface area contributed by atoms with Crippen molar-refractivity contribution in [3.05, 3.63) is 24.3 Å². The van der Waals surface area contributed by atoms with E-state index in [9.17, 15) is 9.59 Å². The van der Waals surface area contributed by atoms with Crippen molar-refractivity contribution in [1.29, 1.82) is 0 Å². The Hall–Kier alpha value is -2.44. The van der Waals surface area contributed by atoms with E-state index in [0.717, 1.165) is 5.75 Å². The Morgan fingerprint density at radius 2 is 1.81 bits per heavy atom. The van der Waals surface area contributed by atoms with Crippen LogP contribution in [0.3, 0.4) is 0 Å². The summed E-state index contributed by atoms with van der Waals surface area (Å²) < 4.78 is 10.7. The molecule has 3 amide bonds. The molecule has 0 atom stereocenters. The predicted molar refractivity (Wildman–Crippen MR) is 76.2 cm³/mol.